The molecule has 0 bridgehead atoms. The van der Waals surface area contributed by atoms with Gasteiger partial charge in [0.05, 0.1) is 6.54 Å². The van der Waals surface area contributed by atoms with E-state index in [0.29, 0.717) is 6.54 Å². The molecule has 1 rings (SSSR count). The Balaban J connectivity index is 2.63. The first kappa shape index (κ1) is 13.5. The van der Waals surface area contributed by atoms with Gasteiger partial charge in [0.2, 0.25) is 5.91 Å². The van der Waals surface area contributed by atoms with E-state index in [1.54, 1.807) is 0 Å². The highest BCUT2D eigenvalue weighted by molar-refractivity contribution is 5.78. The third-order valence-corrected chi connectivity index (χ3v) is 2.89. The Kier molecular flexibility index (Phi) is 4.33. The average Bonchev–Trinajstić information content (AvgIpc) is 2.18. The Bertz CT molecular complexity index is 251. The van der Waals surface area contributed by atoms with E-state index in [4.69, 9.17) is 0 Å². The van der Waals surface area contributed by atoms with Gasteiger partial charge < -0.3 is 9.80 Å². The summed E-state index contributed by atoms with van der Waals surface area (Å²) < 4.78 is 0. The fourth-order valence-corrected chi connectivity index (χ4v) is 2.30. The molecule has 0 spiro atoms. The van der Waals surface area contributed by atoms with Crippen LogP contribution in [0.25, 0.3) is 0 Å². The van der Waals surface area contributed by atoms with Gasteiger partial charge in [-0.25, -0.2) is 0 Å². The van der Waals surface area contributed by atoms with Crippen LogP contribution >= 0.6 is 0 Å². The molecule has 94 valence electrons. The van der Waals surface area contributed by atoms with Gasteiger partial charge in [0, 0.05) is 26.2 Å². The molecule has 0 aromatic heterocycles. The molecule has 0 saturated carbocycles. The molecule has 1 saturated heterocycles. The molecule has 0 atom stereocenters. The molecule has 4 nitrogen and oxygen atoms in total. The van der Waals surface area contributed by atoms with Gasteiger partial charge in [-0.05, 0) is 26.6 Å². The molecular formula is C12H25N3O. The van der Waals surface area contributed by atoms with Crippen LogP contribution in [-0.2, 0) is 4.79 Å². The highest BCUT2D eigenvalue weighted by Crippen LogP contribution is 2.21. The van der Waals surface area contributed by atoms with Crippen molar-refractivity contribution in [1.82, 2.24) is 14.7 Å². The fourth-order valence-electron chi connectivity index (χ4n) is 2.30. The van der Waals surface area contributed by atoms with Gasteiger partial charge in [0.15, 0.2) is 0 Å². The lowest BCUT2D eigenvalue weighted by Gasteiger charge is -2.30. The highest BCUT2D eigenvalue weighted by Gasteiger charge is 2.30. The second-order valence-corrected chi connectivity index (χ2v) is 5.96. The van der Waals surface area contributed by atoms with Crippen LogP contribution in [0.5, 0.6) is 0 Å². The van der Waals surface area contributed by atoms with Crippen molar-refractivity contribution in [3.05, 3.63) is 0 Å². The number of amides is 1. The van der Waals surface area contributed by atoms with Gasteiger partial charge in [0.25, 0.3) is 0 Å². The molecule has 1 heterocycles. The minimum atomic E-state index is 0.188. The molecule has 16 heavy (non-hydrogen) atoms. The van der Waals surface area contributed by atoms with E-state index in [2.05, 4.69) is 23.6 Å². The standard InChI is InChI=1S/C12H25N3O/c1-12(2)9-14(5)8-11(16)15(10-12)7-6-13(3)4/h6-10H2,1-5H3. The number of likely N-dealkylation sites (N-methyl/N-ethyl adjacent to an activating group) is 2. The summed E-state index contributed by atoms with van der Waals surface area (Å²) in [5.41, 5.74) is 0.188. The third kappa shape index (κ3) is 4.10. The second kappa shape index (κ2) is 5.15. The maximum absolute atomic E-state index is 12.0. The van der Waals surface area contributed by atoms with Crippen LogP contribution in [0.1, 0.15) is 13.8 Å². The second-order valence-electron chi connectivity index (χ2n) is 5.96. The lowest BCUT2D eigenvalue weighted by atomic mass is 9.93. The predicted molar refractivity (Wildman–Crippen MR) is 66.4 cm³/mol. The van der Waals surface area contributed by atoms with E-state index in [-0.39, 0.29) is 11.3 Å². The van der Waals surface area contributed by atoms with Crippen molar-refractivity contribution in [2.45, 2.75) is 13.8 Å². The van der Waals surface area contributed by atoms with Gasteiger partial charge in [-0.1, -0.05) is 13.8 Å². The van der Waals surface area contributed by atoms with Gasteiger partial charge in [-0.15, -0.1) is 0 Å². The summed E-state index contributed by atoms with van der Waals surface area (Å²) in [5.74, 6) is 0.259. The Morgan fingerprint density at radius 1 is 1.31 bits per heavy atom. The van der Waals surface area contributed by atoms with Crippen molar-refractivity contribution in [3.8, 4) is 0 Å². The zero-order chi connectivity index (χ0) is 12.3. The van der Waals surface area contributed by atoms with Crippen LogP contribution in [0.15, 0.2) is 0 Å². The molecule has 0 aliphatic carbocycles. The van der Waals surface area contributed by atoms with Crippen LogP contribution in [0, 0.1) is 5.41 Å². The maximum Gasteiger partial charge on any atom is 0.236 e. The number of rotatable bonds is 3. The summed E-state index contributed by atoms with van der Waals surface area (Å²) in [5, 5.41) is 0. The largest absolute Gasteiger partial charge is 0.340 e. The van der Waals surface area contributed by atoms with E-state index >= 15 is 0 Å². The summed E-state index contributed by atoms with van der Waals surface area (Å²) in [7, 11) is 6.11. The molecule has 1 fully saturated rings. The summed E-state index contributed by atoms with van der Waals surface area (Å²) in [6, 6.07) is 0. The van der Waals surface area contributed by atoms with Crippen LogP contribution in [-0.4, -0.2) is 74.5 Å². The maximum atomic E-state index is 12.0. The summed E-state index contributed by atoms with van der Waals surface area (Å²) in [6.07, 6.45) is 0. The SMILES string of the molecule is CN(C)CCN1CC(C)(C)CN(C)CC1=O. The number of carbonyl (C=O) groups is 1. The lowest BCUT2D eigenvalue weighted by Crippen LogP contribution is -2.41. The first-order valence-corrected chi connectivity index (χ1v) is 5.91. The van der Waals surface area contributed by atoms with Gasteiger partial charge in [0.1, 0.15) is 0 Å². The molecule has 0 aromatic rings. The van der Waals surface area contributed by atoms with Crippen LogP contribution in [0.2, 0.25) is 0 Å². The van der Waals surface area contributed by atoms with E-state index in [0.717, 1.165) is 26.2 Å². The van der Waals surface area contributed by atoms with Crippen LogP contribution < -0.4 is 0 Å². The number of hydrogen-bond acceptors (Lipinski definition) is 3. The first-order valence-electron chi connectivity index (χ1n) is 5.91. The van der Waals surface area contributed by atoms with E-state index in [1.165, 1.54) is 0 Å². The lowest BCUT2D eigenvalue weighted by molar-refractivity contribution is -0.131. The Morgan fingerprint density at radius 2 is 1.94 bits per heavy atom. The molecule has 0 radical (unpaired) electrons. The van der Waals surface area contributed by atoms with Crippen molar-refractivity contribution in [2.24, 2.45) is 5.41 Å². The van der Waals surface area contributed by atoms with Gasteiger partial charge in [-0.2, -0.15) is 0 Å². The highest BCUT2D eigenvalue weighted by atomic mass is 16.2. The van der Waals surface area contributed by atoms with E-state index in [9.17, 15) is 4.79 Å². The first-order chi connectivity index (χ1) is 7.30. The minimum Gasteiger partial charge on any atom is -0.340 e. The minimum absolute atomic E-state index is 0.188. The van der Waals surface area contributed by atoms with Crippen molar-refractivity contribution < 1.29 is 4.79 Å². The average molecular weight is 227 g/mol. The monoisotopic (exact) mass is 227 g/mol. The Labute approximate surface area is 99.2 Å². The summed E-state index contributed by atoms with van der Waals surface area (Å²) in [6.45, 7) is 8.63. The van der Waals surface area contributed by atoms with Crippen LogP contribution in [0.3, 0.4) is 0 Å². The molecule has 1 aliphatic heterocycles. The van der Waals surface area contributed by atoms with E-state index in [1.807, 2.05) is 26.0 Å². The smallest absolute Gasteiger partial charge is 0.236 e. The molecule has 1 amide bonds. The molecule has 0 aromatic carbocycles. The summed E-state index contributed by atoms with van der Waals surface area (Å²) in [4.78, 5) is 18.2. The fraction of sp³-hybridized carbons (Fsp3) is 0.917. The number of nitrogens with zero attached hydrogens (tertiary/aromatic N) is 3. The predicted octanol–water partition coefficient (Wildman–Crippen LogP) is 0.348. The third-order valence-electron chi connectivity index (χ3n) is 2.89. The normalized spacial score (nSPS) is 22.6. The number of carbonyl (C=O) groups excluding carboxylic acids is 1. The molecule has 1 aliphatic rings. The quantitative estimate of drug-likeness (QED) is 0.696. The Hall–Kier alpha value is -0.610. The van der Waals surface area contributed by atoms with Gasteiger partial charge in [-0.3, -0.25) is 9.69 Å². The summed E-state index contributed by atoms with van der Waals surface area (Å²) >= 11 is 0. The van der Waals surface area contributed by atoms with Crippen molar-refractivity contribution in [3.63, 3.8) is 0 Å². The van der Waals surface area contributed by atoms with Crippen molar-refractivity contribution >= 4 is 5.91 Å². The zero-order valence-corrected chi connectivity index (χ0v) is 11.3. The molecule has 0 N–H and O–H groups in total. The Morgan fingerprint density at radius 3 is 2.50 bits per heavy atom. The van der Waals surface area contributed by atoms with Crippen LogP contribution in [0.4, 0.5) is 0 Å². The van der Waals surface area contributed by atoms with E-state index < -0.39 is 0 Å². The van der Waals surface area contributed by atoms with Crippen molar-refractivity contribution in [1.29, 1.82) is 0 Å². The number of hydrogen-bond donors (Lipinski definition) is 0. The van der Waals surface area contributed by atoms with Crippen molar-refractivity contribution in [2.75, 3.05) is 53.9 Å². The molecular weight excluding hydrogens is 202 g/mol. The van der Waals surface area contributed by atoms with Gasteiger partial charge >= 0.3 is 0 Å². The molecule has 0 unspecified atom stereocenters. The topological polar surface area (TPSA) is 26.8 Å². The zero-order valence-electron chi connectivity index (χ0n) is 11.3. The molecule has 4 heteroatoms.